The fourth-order valence-corrected chi connectivity index (χ4v) is 2.66. The lowest BCUT2D eigenvalue weighted by molar-refractivity contribution is 0.0915. The second-order valence-electron chi connectivity index (χ2n) is 5.07. The van der Waals surface area contributed by atoms with Gasteiger partial charge >= 0.3 is 0 Å². The molecule has 1 atom stereocenters. The Morgan fingerprint density at radius 1 is 1.36 bits per heavy atom. The number of carbonyl (C=O) groups is 1. The third kappa shape index (κ3) is 4.54. The van der Waals surface area contributed by atoms with E-state index < -0.39 is 0 Å². The van der Waals surface area contributed by atoms with E-state index in [9.17, 15) is 4.79 Å². The van der Waals surface area contributed by atoms with Gasteiger partial charge in [-0.1, -0.05) is 6.92 Å². The van der Waals surface area contributed by atoms with Crippen molar-refractivity contribution in [1.29, 1.82) is 0 Å². The van der Waals surface area contributed by atoms with Gasteiger partial charge in [0.15, 0.2) is 0 Å². The number of hydrogen-bond donors (Lipinski definition) is 3. The molecule has 0 bridgehead atoms. The number of nitrogens with zero attached hydrogens (tertiary/aromatic N) is 1. The Morgan fingerprint density at radius 3 is 2.64 bits per heavy atom. The highest BCUT2D eigenvalue weighted by Gasteiger charge is 2.11. The molecule has 0 aliphatic heterocycles. The van der Waals surface area contributed by atoms with Crippen LogP contribution in [0.1, 0.15) is 34.4 Å². The first-order valence-electron chi connectivity index (χ1n) is 7.29. The third-order valence-electron chi connectivity index (χ3n) is 3.31. The van der Waals surface area contributed by atoms with Crippen molar-refractivity contribution in [3.05, 3.63) is 45.9 Å². The Bertz CT molecular complexity index is 606. The maximum Gasteiger partial charge on any atom is 0.251 e. The highest BCUT2D eigenvalue weighted by Crippen LogP contribution is 2.14. The molecule has 5 nitrogen and oxygen atoms in total. The van der Waals surface area contributed by atoms with Crippen molar-refractivity contribution in [2.24, 2.45) is 0 Å². The lowest BCUT2D eigenvalue weighted by Gasteiger charge is -2.14. The number of aliphatic hydroxyl groups excluding tert-OH is 1. The molecule has 1 aromatic heterocycles. The third-order valence-corrected chi connectivity index (χ3v) is 4.27. The molecule has 0 aliphatic rings. The van der Waals surface area contributed by atoms with Gasteiger partial charge in [0.05, 0.1) is 19.2 Å². The summed E-state index contributed by atoms with van der Waals surface area (Å²) in [5.41, 5.74) is 2.56. The zero-order valence-electron chi connectivity index (χ0n) is 12.8. The molecule has 3 N–H and O–H groups in total. The van der Waals surface area contributed by atoms with Crippen molar-refractivity contribution < 1.29 is 9.90 Å². The van der Waals surface area contributed by atoms with Crippen molar-refractivity contribution in [2.75, 3.05) is 11.9 Å². The summed E-state index contributed by atoms with van der Waals surface area (Å²) >= 11 is 1.63. The summed E-state index contributed by atoms with van der Waals surface area (Å²) in [7, 11) is 0. The highest BCUT2D eigenvalue weighted by molar-refractivity contribution is 7.09. The fourth-order valence-electron chi connectivity index (χ4n) is 1.95. The number of hydrogen-bond acceptors (Lipinski definition) is 5. The van der Waals surface area contributed by atoms with E-state index in [0.717, 1.165) is 16.4 Å². The molecule has 22 heavy (non-hydrogen) atoms. The Morgan fingerprint density at radius 2 is 2.09 bits per heavy atom. The molecule has 6 heteroatoms. The van der Waals surface area contributed by atoms with Gasteiger partial charge in [0.1, 0.15) is 5.01 Å². The monoisotopic (exact) mass is 319 g/mol. The predicted octanol–water partition coefficient (Wildman–Crippen LogP) is 2.56. The molecule has 2 aromatic rings. The predicted molar refractivity (Wildman–Crippen MR) is 89.3 cm³/mol. The summed E-state index contributed by atoms with van der Waals surface area (Å²) in [6.07, 6.45) is 0.703. The number of amides is 1. The minimum absolute atomic E-state index is 0.0465. The van der Waals surface area contributed by atoms with Crippen LogP contribution in [-0.2, 0) is 6.54 Å². The topological polar surface area (TPSA) is 74.2 Å². The van der Waals surface area contributed by atoms with Crippen LogP contribution in [0.2, 0.25) is 0 Å². The largest absolute Gasteiger partial charge is 0.394 e. The average Bonchev–Trinajstić information content (AvgIpc) is 2.96. The van der Waals surface area contributed by atoms with Crippen LogP contribution in [0.5, 0.6) is 0 Å². The van der Waals surface area contributed by atoms with Gasteiger partial charge in [0.2, 0.25) is 0 Å². The van der Waals surface area contributed by atoms with Crippen LogP contribution in [0.15, 0.2) is 29.6 Å². The number of anilines is 1. The van der Waals surface area contributed by atoms with Crippen LogP contribution >= 0.6 is 11.3 Å². The Labute approximate surface area is 134 Å². The molecular weight excluding hydrogens is 298 g/mol. The van der Waals surface area contributed by atoms with Crippen molar-refractivity contribution in [3.63, 3.8) is 0 Å². The van der Waals surface area contributed by atoms with Gasteiger partial charge in [0.25, 0.3) is 5.91 Å². The number of rotatable bonds is 7. The number of carbonyl (C=O) groups excluding carboxylic acids is 1. The number of aliphatic hydroxyl groups is 1. The molecule has 2 rings (SSSR count). The van der Waals surface area contributed by atoms with E-state index >= 15 is 0 Å². The Kier molecular flexibility index (Phi) is 5.91. The van der Waals surface area contributed by atoms with Gasteiger partial charge in [-0.2, -0.15) is 0 Å². The van der Waals surface area contributed by atoms with Gasteiger partial charge in [-0.25, -0.2) is 4.98 Å². The van der Waals surface area contributed by atoms with Crippen molar-refractivity contribution >= 4 is 22.9 Å². The minimum atomic E-state index is -0.196. The van der Waals surface area contributed by atoms with Crippen LogP contribution in [0.4, 0.5) is 5.69 Å². The number of aromatic nitrogens is 1. The van der Waals surface area contributed by atoms with E-state index in [1.807, 2.05) is 31.4 Å². The molecule has 0 saturated carbocycles. The summed E-state index contributed by atoms with van der Waals surface area (Å²) in [6, 6.07) is 7.09. The second-order valence-corrected chi connectivity index (χ2v) is 6.02. The highest BCUT2D eigenvalue weighted by atomic mass is 32.1. The van der Waals surface area contributed by atoms with Crippen molar-refractivity contribution in [3.8, 4) is 0 Å². The van der Waals surface area contributed by atoms with E-state index in [4.69, 9.17) is 5.11 Å². The van der Waals surface area contributed by atoms with Gasteiger partial charge in [0, 0.05) is 22.3 Å². The van der Waals surface area contributed by atoms with E-state index in [1.54, 1.807) is 23.5 Å². The summed E-state index contributed by atoms with van der Waals surface area (Å²) in [5, 5.41) is 18.2. The smallest absolute Gasteiger partial charge is 0.251 e. The molecule has 1 unspecified atom stereocenters. The molecule has 1 heterocycles. The van der Waals surface area contributed by atoms with E-state index in [-0.39, 0.29) is 18.6 Å². The number of thiazole rings is 1. The summed E-state index contributed by atoms with van der Waals surface area (Å²) in [6.45, 7) is 4.53. The maximum atomic E-state index is 12.0. The fraction of sp³-hybridized carbons (Fsp3) is 0.375. The average molecular weight is 319 g/mol. The quantitative estimate of drug-likeness (QED) is 0.733. The molecule has 0 radical (unpaired) electrons. The molecule has 1 amide bonds. The van der Waals surface area contributed by atoms with Gasteiger partial charge in [-0.15, -0.1) is 11.3 Å². The van der Waals surface area contributed by atoms with Gasteiger partial charge in [-0.3, -0.25) is 4.79 Å². The first kappa shape index (κ1) is 16.5. The lowest BCUT2D eigenvalue weighted by Crippen LogP contribution is -2.36. The van der Waals surface area contributed by atoms with Gasteiger partial charge < -0.3 is 15.7 Å². The summed E-state index contributed by atoms with van der Waals surface area (Å²) in [5.74, 6) is -0.164. The molecule has 0 aliphatic carbocycles. The molecule has 0 saturated heterocycles. The van der Waals surface area contributed by atoms with Crippen molar-refractivity contribution in [1.82, 2.24) is 10.3 Å². The standard InChI is InChI=1S/C16H21N3O2S/c1-3-13(9-20)19-16(21)12-4-6-14(7-5-12)17-8-15-18-11(2)10-22-15/h4-7,10,13,17,20H,3,8-9H2,1-2H3,(H,19,21). The Balaban J connectivity index is 1.90. The van der Waals surface area contributed by atoms with Crippen LogP contribution in [0.3, 0.4) is 0 Å². The zero-order valence-corrected chi connectivity index (χ0v) is 13.6. The molecule has 0 spiro atoms. The van der Waals surface area contributed by atoms with E-state index in [2.05, 4.69) is 15.6 Å². The SMILES string of the molecule is CCC(CO)NC(=O)c1ccc(NCc2nc(C)cs2)cc1. The van der Waals surface area contributed by atoms with Crippen molar-refractivity contribution in [2.45, 2.75) is 32.9 Å². The number of aryl methyl sites for hydroxylation is 1. The van der Waals surface area contributed by atoms with E-state index in [0.29, 0.717) is 18.5 Å². The zero-order chi connectivity index (χ0) is 15.9. The van der Waals surface area contributed by atoms with Crippen LogP contribution < -0.4 is 10.6 Å². The van der Waals surface area contributed by atoms with Gasteiger partial charge in [-0.05, 0) is 37.6 Å². The minimum Gasteiger partial charge on any atom is -0.394 e. The molecule has 118 valence electrons. The summed E-state index contributed by atoms with van der Waals surface area (Å²) in [4.78, 5) is 16.4. The first-order chi connectivity index (χ1) is 10.6. The molecule has 0 fully saturated rings. The van der Waals surface area contributed by atoms with Crippen LogP contribution in [0, 0.1) is 6.92 Å². The summed E-state index contributed by atoms with van der Waals surface area (Å²) < 4.78 is 0. The molecule has 1 aromatic carbocycles. The second kappa shape index (κ2) is 7.91. The lowest BCUT2D eigenvalue weighted by atomic mass is 10.1. The van der Waals surface area contributed by atoms with Crippen LogP contribution in [-0.4, -0.2) is 28.6 Å². The molecular formula is C16H21N3O2S. The van der Waals surface area contributed by atoms with Crippen LogP contribution in [0.25, 0.3) is 0 Å². The Hall–Kier alpha value is -1.92. The maximum absolute atomic E-state index is 12.0. The number of nitrogens with one attached hydrogen (secondary N) is 2. The first-order valence-corrected chi connectivity index (χ1v) is 8.17. The normalized spacial score (nSPS) is 12.0. The number of benzene rings is 1. The van der Waals surface area contributed by atoms with E-state index in [1.165, 1.54) is 0 Å².